The molecule has 2 nitrogen and oxygen atoms in total. The number of halogens is 2. The van der Waals surface area contributed by atoms with Gasteiger partial charge in [-0.05, 0) is 37.1 Å². The summed E-state index contributed by atoms with van der Waals surface area (Å²) in [5.41, 5.74) is 4.77. The van der Waals surface area contributed by atoms with E-state index in [0.717, 1.165) is 38.4 Å². The number of benzene rings is 5. The minimum Gasteiger partial charge on any atom is -0.353 e. The van der Waals surface area contributed by atoms with Crippen molar-refractivity contribution in [1.82, 2.24) is 0 Å². The first-order valence-corrected chi connectivity index (χ1v) is 14.6. The summed E-state index contributed by atoms with van der Waals surface area (Å²) in [5, 5.41) is 8.14. The first-order chi connectivity index (χ1) is 18.0. The topological polar surface area (TPSA) is 24.4 Å². The monoisotopic (exact) mass is 540 g/mol. The van der Waals surface area contributed by atoms with Crippen LogP contribution < -0.4 is 21.2 Å². The third-order valence-corrected chi connectivity index (χ3v) is 10.6. The van der Waals surface area contributed by atoms with Crippen molar-refractivity contribution < 1.29 is 0 Å². The summed E-state index contributed by atoms with van der Waals surface area (Å²) < 4.78 is 5.65. The predicted molar refractivity (Wildman–Crippen MR) is 163 cm³/mol. The molecule has 0 aliphatic rings. The average Bonchev–Trinajstić information content (AvgIpc) is 2.92. The SMILES string of the molecule is Cc1cccc(C)c1Nc1cc(Cl)cc(Cl)c1N=P(c1ccccc1)(c1ccccc1)c1ccccc1. The quantitative estimate of drug-likeness (QED) is 0.213. The fourth-order valence-corrected chi connectivity index (χ4v) is 8.77. The van der Waals surface area contributed by atoms with Gasteiger partial charge in [-0.15, -0.1) is 0 Å². The lowest BCUT2D eigenvalue weighted by atomic mass is 10.1. The van der Waals surface area contributed by atoms with Crippen LogP contribution in [0.15, 0.2) is 126 Å². The lowest BCUT2D eigenvalue weighted by Gasteiger charge is -2.28. The summed E-state index contributed by atoms with van der Waals surface area (Å²) in [7, 11) is -2.52. The molecule has 0 saturated carbocycles. The highest BCUT2D eigenvalue weighted by Crippen LogP contribution is 2.53. The van der Waals surface area contributed by atoms with Crippen LogP contribution in [0.25, 0.3) is 0 Å². The second-order valence-electron chi connectivity index (χ2n) is 8.92. The maximum Gasteiger partial charge on any atom is 0.105 e. The first kappa shape index (κ1) is 25.4. The van der Waals surface area contributed by atoms with Gasteiger partial charge in [0.15, 0.2) is 0 Å². The van der Waals surface area contributed by atoms with Gasteiger partial charge < -0.3 is 5.32 Å². The Bertz CT molecular complexity index is 1460. The van der Waals surface area contributed by atoms with Crippen molar-refractivity contribution >= 4 is 63.2 Å². The molecule has 0 amide bonds. The van der Waals surface area contributed by atoms with Gasteiger partial charge in [-0.25, -0.2) is 0 Å². The van der Waals surface area contributed by atoms with Gasteiger partial charge >= 0.3 is 0 Å². The van der Waals surface area contributed by atoms with Crippen LogP contribution in [0, 0.1) is 13.8 Å². The van der Waals surface area contributed by atoms with E-state index in [1.807, 2.05) is 24.3 Å². The molecule has 5 aromatic rings. The van der Waals surface area contributed by atoms with Crippen LogP contribution in [0.5, 0.6) is 0 Å². The molecule has 0 heterocycles. The van der Waals surface area contributed by atoms with Crippen LogP contribution in [0.2, 0.25) is 10.0 Å². The first-order valence-electron chi connectivity index (χ1n) is 12.1. The molecule has 0 radical (unpaired) electrons. The largest absolute Gasteiger partial charge is 0.353 e. The fraction of sp³-hybridized carbons (Fsp3) is 0.0625. The zero-order valence-electron chi connectivity index (χ0n) is 20.7. The summed E-state index contributed by atoms with van der Waals surface area (Å²) >= 11 is 13.5. The summed E-state index contributed by atoms with van der Waals surface area (Å²) in [6.45, 7) is 4.18. The molecule has 0 aliphatic carbocycles. The number of nitrogens with zero attached hydrogens (tertiary/aromatic N) is 1. The van der Waals surface area contributed by atoms with E-state index in [0.29, 0.717) is 15.7 Å². The Hall–Kier alpha value is -3.29. The van der Waals surface area contributed by atoms with Crippen LogP contribution in [0.3, 0.4) is 0 Å². The maximum atomic E-state index is 6.95. The molecule has 0 fully saturated rings. The molecular weight excluding hydrogens is 514 g/mol. The second kappa shape index (κ2) is 11.0. The fourth-order valence-electron chi connectivity index (χ4n) is 4.61. The van der Waals surface area contributed by atoms with Crippen LogP contribution in [0.4, 0.5) is 17.1 Å². The van der Waals surface area contributed by atoms with E-state index in [9.17, 15) is 0 Å². The summed E-state index contributed by atoms with van der Waals surface area (Å²) in [6.07, 6.45) is 0. The molecule has 5 aromatic carbocycles. The molecular formula is C32H27Cl2N2P. The number of rotatable bonds is 6. The van der Waals surface area contributed by atoms with E-state index in [4.69, 9.17) is 27.9 Å². The summed E-state index contributed by atoms with van der Waals surface area (Å²) in [5.74, 6) is 0. The molecule has 0 spiro atoms. The zero-order chi connectivity index (χ0) is 25.8. The molecule has 37 heavy (non-hydrogen) atoms. The van der Waals surface area contributed by atoms with E-state index in [-0.39, 0.29) is 0 Å². The van der Waals surface area contributed by atoms with Crippen molar-refractivity contribution in [2.75, 3.05) is 5.32 Å². The van der Waals surface area contributed by atoms with E-state index < -0.39 is 7.05 Å². The van der Waals surface area contributed by atoms with Gasteiger partial charge in [0.25, 0.3) is 0 Å². The van der Waals surface area contributed by atoms with Gasteiger partial charge in [-0.3, -0.25) is 4.74 Å². The minimum atomic E-state index is -2.52. The minimum absolute atomic E-state index is 0.508. The molecule has 0 bridgehead atoms. The number of anilines is 2. The normalized spacial score (nSPS) is 11.2. The third kappa shape index (κ3) is 5.11. The number of para-hydroxylation sites is 1. The van der Waals surface area contributed by atoms with Crippen LogP contribution >= 0.6 is 30.3 Å². The third-order valence-electron chi connectivity index (χ3n) is 6.41. The highest BCUT2D eigenvalue weighted by atomic mass is 35.5. The van der Waals surface area contributed by atoms with Gasteiger partial charge in [0.05, 0.1) is 17.8 Å². The predicted octanol–water partition coefficient (Wildman–Crippen LogP) is 9.16. The van der Waals surface area contributed by atoms with Gasteiger partial charge in [0.1, 0.15) is 5.69 Å². The van der Waals surface area contributed by atoms with Crippen molar-refractivity contribution in [1.29, 1.82) is 0 Å². The van der Waals surface area contributed by atoms with Crippen molar-refractivity contribution in [3.63, 3.8) is 0 Å². The Morgan fingerprint density at radius 1 is 0.595 bits per heavy atom. The Morgan fingerprint density at radius 2 is 1.05 bits per heavy atom. The molecule has 184 valence electrons. The molecule has 1 N–H and O–H groups in total. The maximum absolute atomic E-state index is 6.95. The highest BCUT2D eigenvalue weighted by Gasteiger charge is 2.28. The number of hydrogen-bond donors (Lipinski definition) is 1. The smallest absolute Gasteiger partial charge is 0.105 e. The Kier molecular flexibility index (Phi) is 7.53. The molecule has 0 saturated heterocycles. The van der Waals surface area contributed by atoms with Crippen molar-refractivity contribution in [2.24, 2.45) is 4.74 Å². The second-order valence-corrected chi connectivity index (χ2v) is 12.8. The van der Waals surface area contributed by atoms with Crippen molar-refractivity contribution in [3.05, 3.63) is 142 Å². The highest BCUT2D eigenvalue weighted by molar-refractivity contribution is 7.87. The Balaban J connectivity index is 1.88. The molecule has 0 aromatic heterocycles. The molecule has 0 aliphatic heterocycles. The van der Waals surface area contributed by atoms with Gasteiger partial charge in [-0.2, -0.15) is 0 Å². The molecule has 0 atom stereocenters. The lowest BCUT2D eigenvalue weighted by Crippen LogP contribution is -2.25. The van der Waals surface area contributed by atoms with E-state index in [1.165, 1.54) is 0 Å². The number of aryl methyl sites for hydroxylation is 2. The van der Waals surface area contributed by atoms with Gasteiger partial charge in [0.2, 0.25) is 0 Å². The molecule has 5 rings (SSSR count). The number of hydrogen-bond acceptors (Lipinski definition) is 2. The summed E-state index contributed by atoms with van der Waals surface area (Å²) in [6, 6.07) is 41.5. The summed E-state index contributed by atoms with van der Waals surface area (Å²) in [4.78, 5) is 0. The standard InChI is InChI=1S/C32H27Cl2N2P/c1-23-13-12-14-24(2)31(23)35-30-22-25(33)21-29(34)32(30)36-37(26-15-6-3-7-16-26,27-17-8-4-9-18-27)28-19-10-5-11-20-28/h3-22,35H,1-2H3. The van der Waals surface area contributed by atoms with Gasteiger partial charge in [0, 0.05) is 26.6 Å². The van der Waals surface area contributed by atoms with Crippen LogP contribution in [-0.4, -0.2) is 0 Å². The average molecular weight is 541 g/mol. The van der Waals surface area contributed by atoms with Crippen molar-refractivity contribution in [3.8, 4) is 0 Å². The van der Waals surface area contributed by atoms with Crippen molar-refractivity contribution in [2.45, 2.75) is 13.8 Å². The van der Waals surface area contributed by atoms with E-state index >= 15 is 0 Å². The van der Waals surface area contributed by atoms with Crippen LogP contribution in [-0.2, 0) is 0 Å². The Morgan fingerprint density at radius 3 is 1.51 bits per heavy atom. The van der Waals surface area contributed by atoms with E-state index in [1.54, 1.807) is 6.07 Å². The zero-order valence-corrected chi connectivity index (χ0v) is 23.1. The van der Waals surface area contributed by atoms with Gasteiger partial charge in [-0.1, -0.05) is 132 Å². The number of nitrogens with one attached hydrogen (secondary N) is 1. The van der Waals surface area contributed by atoms with Crippen LogP contribution in [0.1, 0.15) is 11.1 Å². The molecule has 0 unspecified atom stereocenters. The molecule has 5 heteroatoms. The van der Waals surface area contributed by atoms with E-state index in [2.05, 4.69) is 110 Å². The lowest BCUT2D eigenvalue weighted by molar-refractivity contribution is 1.35. The Labute approximate surface area is 229 Å².